The zero-order valence-corrected chi connectivity index (χ0v) is 15.3. The Labute approximate surface area is 146 Å². The van der Waals surface area contributed by atoms with Crippen LogP contribution in [0.3, 0.4) is 0 Å². The van der Waals surface area contributed by atoms with Crippen LogP contribution in [-0.4, -0.2) is 49.0 Å². The van der Waals surface area contributed by atoms with Crippen molar-refractivity contribution in [1.82, 2.24) is 15.1 Å². The first-order valence-electron chi connectivity index (χ1n) is 9.50. The summed E-state index contributed by atoms with van der Waals surface area (Å²) in [5, 5.41) is 3.53. The lowest BCUT2D eigenvalue weighted by Crippen LogP contribution is -2.45. The molecule has 2 saturated heterocycles. The van der Waals surface area contributed by atoms with Gasteiger partial charge in [-0.2, -0.15) is 0 Å². The lowest BCUT2D eigenvalue weighted by atomic mass is 9.99. The molecule has 24 heavy (non-hydrogen) atoms. The van der Waals surface area contributed by atoms with Crippen molar-refractivity contribution in [2.45, 2.75) is 45.7 Å². The molecule has 1 aromatic rings. The van der Waals surface area contributed by atoms with Crippen molar-refractivity contribution in [3.05, 3.63) is 35.4 Å². The molecule has 0 spiro atoms. The summed E-state index contributed by atoms with van der Waals surface area (Å²) in [5.74, 6) is 1.89. The third-order valence-corrected chi connectivity index (χ3v) is 5.37. The van der Waals surface area contributed by atoms with Crippen LogP contribution in [0.5, 0.6) is 0 Å². The maximum atomic E-state index is 4.46. The van der Waals surface area contributed by atoms with Gasteiger partial charge in [-0.15, -0.1) is 0 Å². The molecule has 2 heterocycles. The van der Waals surface area contributed by atoms with E-state index in [1.165, 1.54) is 49.9 Å². The van der Waals surface area contributed by atoms with Crippen LogP contribution in [0.25, 0.3) is 0 Å². The van der Waals surface area contributed by atoms with E-state index in [1.54, 1.807) is 0 Å². The number of nitrogens with one attached hydrogen (secondary N) is 1. The van der Waals surface area contributed by atoms with Crippen molar-refractivity contribution in [3.63, 3.8) is 0 Å². The first kappa shape index (κ1) is 17.3. The highest BCUT2D eigenvalue weighted by Gasteiger charge is 2.18. The first-order chi connectivity index (χ1) is 11.7. The predicted molar refractivity (Wildman–Crippen MR) is 101 cm³/mol. The van der Waals surface area contributed by atoms with Crippen molar-refractivity contribution in [2.24, 2.45) is 10.9 Å². The maximum absolute atomic E-state index is 4.46. The van der Waals surface area contributed by atoms with E-state index >= 15 is 0 Å². The summed E-state index contributed by atoms with van der Waals surface area (Å²) >= 11 is 0. The molecule has 0 saturated carbocycles. The largest absolute Gasteiger partial charge is 0.352 e. The smallest absolute Gasteiger partial charge is 0.193 e. The van der Waals surface area contributed by atoms with Gasteiger partial charge in [0.2, 0.25) is 0 Å². The zero-order chi connectivity index (χ0) is 16.8. The zero-order valence-electron chi connectivity index (χ0n) is 15.3. The molecule has 2 aliphatic heterocycles. The Hall–Kier alpha value is -1.55. The van der Waals surface area contributed by atoms with Gasteiger partial charge in [0, 0.05) is 33.2 Å². The summed E-state index contributed by atoms with van der Waals surface area (Å²) in [6.45, 7) is 9.05. The van der Waals surface area contributed by atoms with Crippen molar-refractivity contribution in [2.75, 3.05) is 33.2 Å². The second-order valence-electron chi connectivity index (χ2n) is 7.37. The summed E-state index contributed by atoms with van der Waals surface area (Å²) in [4.78, 5) is 9.40. The quantitative estimate of drug-likeness (QED) is 0.681. The molecule has 0 aliphatic carbocycles. The molecule has 0 aromatic heterocycles. The average molecular weight is 329 g/mol. The van der Waals surface area contributed by atoms with Gasteiger partial charge in [0.1, 0.15) is 0 Å². The van der Waals surface area contributed by atoms with E-state index in [-0.39, 0.29) is 0 Å². The summed E-state index contributed by atoms with van der Waals surface area (Å²) in [6, 6.07) is 9.06. The predicted octanol–water partition coefficient (Wildman–Crippen LogP) is 3.09. The summed E-state index contributed by atoms with van der Waals surface area (Å²) in [5.41, 5.74) is 2.75. The molecule has 4 heteroatoms. The lowest BCUT2D eigenvalue weighted by molar-refractivity contribution is 0.273. The van der Waals surface area contributed by atoms with Crippen LogP contribution in [0.15, 0.2) is 29.3 Å². The highest BCUT2D eigenvalue weighted by atomic mass is 15.3. The fraction of sp³-hybridized carbons (Fsp3) is 0.650. The third kappa shape index (κ3) is 4.73. The van der Waals surface area contributed by atoms with Crippen molar-refractivity contribution in [3.8, 4) is 0 Å². The molecule has 0 bridgehead atoms. The Bertz CT molecular complexity index is 523. The van der Waals surface area contributed by atoms with Crippen molar-refractivity contribution in [1.29, 1.82) is 0 Å². The van der Waals surface area contributed by atoms with E-state index in [0.717, 1.165) is 38.1 Å². The Morgan fingerprint density at radius 3 is 2.29 bits per heavy atom. The molecule has 4 nitrogen and oxygen atoms in total. The molecule has 1 aromatic carbocycles. The molecule has 0 unspecified atom stereocenters. The van der Waals surface area contributed by atoms with Crippen LogP contribution in [0.1, 0.15) is 43.7 Å². The highest BCUT2D eigenvalue weighted by Crippen LogP contribution is 2.16. The fourth-order valence-electron chi connectivity index (χ4n) is 3.70. The van der Waals surface area contributed by atoms with Crippen molar-refractivity contribution >= 4 is 5.96 Å². The number of hydrogen-bond donors (Lipinski definition) is 1. The molecule has 1 N–H and O–H groups in total. The molecular weight excluding hydrogens is 296 g/mol. The van der Waals surface area contributed by atoms with Crippen LogP contribution in [0.2, 0.25) is 0 Å². The summed E-state index contributed by atoms with van der Waals surface area (Å²) < 4.78 is 0. The molecular formula is C20H32N4. The van der Waals surface area contributed by atoms with E-state index in [0.29, 0.717) is 0 Å². The molecule has 132 valence electrons. The monoisotopic (exact) mass is 328 g/mol. The minimum atomic E-state index is 0.850. The van der Waals surface area contributed by atoms with Gasteiger partial charge >= 0.3 is 0 Å². The lowest BCUT2D eigenvalue weighted by Gasteiger charge is -2.32. The van der Waals surface area contributed by atoms with Crippen LogP contribution < -0.4 is 5.32 Å². The van der Waals surface area contributed by atoms with Gasteiger partial charge < -0.3 is 10.2 Å². The maximum Gasteiger partial charge on any atom is 0.193 e. The number of nitrogens with zero attached hydrogens (tertiary/aromatic N) is 3. The third-order valence-electron chi connectivity index (χ3n) is 5.37. The molecule has 2 fully saturated rings. The minimum Gasteiger partial charge on any atom is -0.352 e. The second-order valence-corrected chi connectivity index (χ2v) is 7.37. The Morgan fingerprint density at radius 2 is 1.67 bits per heavy atom. The van der Waals surface area contributed by atoms with E-state index < -0.39 is 0 Å². The molecule has 0 atom stereocenters. The fourth-order valence-corrected chi connectivity index (χ4v) is 3.70. The number of benzene rings is 1. The van der Waals surface area contributed by atoms with Crippen LogP contribution >= 0.6 is 0 Å². The van der Waals surface area contributed by atoms with E-state index in [2.05, 4.69) is 51.3 Å². The topological polar surface area (TPSA) is 30.9 Å². The van der Waals surface area contributed by atoms with Gasteiger partial charge in [0.25, 0.3) is 0 Å². The first-order valence-corrected chi connectivity index (χ1v) is 9.50. The Kier molecular flexibility index (Phi) is 6.13. The van der Waals surface area contributed by atoms with Gasteiger partial charge in [0.15, 0.2) is 5.96 Å². The van der Waals surface area contributed by atoms with E-state index in [4.69, 9.17) is 0 Å². The minimum absolute atomic E-state index is 0.850. The van der Waals surface area contributed by atoms with Gasteiger partial charge in [-0.05, 0) is 55.8 Å². The van der Waals surface area contributed by atoms with Gasteiger partial charge in [0.05, 0.1) is 0 Å². The Balaban J connectivity index is 1.48. The molecule has 2 aliphatic rings. The molecule has 0 radical (unpaired) electrons. The van der Waals surface area contributed by atoms with E-state index in [9.17, 15) is 0 Å². The van der Waals surface area contributed by atoms with E-state index in [1.807, 2.05) is 7.05 Å². The number of aliphatic imine (C=N–C) groups is 1. The Morgan fingerprint density at radius 1 is 1.04 bits per heavy atom. The summed E-state index contributed by atoms with van der Waals surface area (Å²) in [6.07, 6.45) is 5.25. The van der Waals surface area contributed by atoms with Crippen molar-refractivity contribution < 1.29 is 0 Å². The molecule has 3 rings (SSSR count). The van der Waals surface area contributed by atoms with Gasteiger partial charge in [-0.3, -0.25) is 9.89 Å². The average Bonchev–Trinajstić information content (AvgIpc) is 3.11. The van der Waals surface area contributed by atoms with Gasteiger partial charge in [-0.1, -0.05) is 31.2 Å². The second kappa shape index (κ2) is 8.52. The van der Waals surface area contributed by atoms with Crippen LogP contribution in [0, 0.1) is 5.92 Å². The number of likely N-dealkylation sites (tertiary alicyclic amines) is 2. The van der Waals surface area contributed by atoms with Crippen LogP contribution in [0.4, 0.5) is 0 Å². The number of guanidine groups is 1. The number of rotatable bonds is 4. The summed E-state index contributed by atoms with van der Waals surface area (Å²) in [7, 11) is 1.89. The number of hydrogen-bond acceptors (Lipinski definition) is 2. The normalized spacial score (nSPS) is 20.6. The molecule has 0 amide bonds. The standard InChI is InChI=1S/C20H32N4/c1-17-9-13-24(14-10-17)20(21-2)22-15-18-5-7-19(8-6-18)16-23-11-3-4-12-23/h5-8,17H,3-4,9-16H2,1-2H3,(H,21,22). The number of piperidine rings is 1. The van der Waals surface area contributed by atoms with Crippen LogP contribution in [-0.2, 0) is 13.1 Å². The SMILES string of the molecule is CN=C(NCc1ccc(CN2CCCC2)cc1)N1CCC(C)CC1. The highest BCUT2D eigenvalue weighted by molar-refractivity contribution is 5.79. The van der Waals surface area contributed by atoms with Gasteiger partial charge in [-0.25, -0.2) is 0 Å².